The average molecular weight is 1650 g/mol. The fourth-order valence-corrected chi connectivity index (χ4v) is 14.5. The van der Waals surface area contributed by atoms with Crippen molar-refractivity contribution in [3.8, 4) is 0 Å². The van der Waals surface area contributed by atoms with Gasteiger partial charge >= 0.3 is 33.6 Å². The summed E-state index contributed by atoms with van der Waals surface area (Å²) in [4.78, 5) is 58.8. The molecule has 18 heteroatoms. The normalized spacial score (nSPS) is 14.4. The van der Waals surface area contributed by atoms with Gasteiger partial charge in [-0.2, -0.15) is 0 Å². The number of phosphoric ester groups is 2. The summed E-state index contributed by atoms with van der Waals surface area (Å²) in [6.45, 7) is 2.51. The average Bonchev–Trinajstić information content (AvgIpc) is 0.901. The SMILES string of the molecule is CC/C=C\C/C=C\C/C=C\C/C=C\C/C=C\C/C=C\CCCCCCCCCCCCCCCCCCC(=O)OCC(O)COP(=O)(O)OCC(O)COP(=O)(O)OCC(COC(=O)CCCCCCCCCCCCCCCCCCC/C=C\C/C=C\C/C=C\C/C=C\C/C=C\CC)OC(=O)CCCCCCCCCCCCC. The summed E-state index contributed by atoms with van der Waals surface area (Å²) in [6.07, 6.45) is 111. The molecular formula is C97H170O16P2. The van der Waals surface area contributed by atoms with Crippen LogP contribution >= 0.6 is 15.6 Å². The topological polar surface area (TPSA) is 231 Å². The molecule has 0 radical (unpaired) electrons. The highest BCUT2D eigenvalue weighted by molar-refractivity contribution is 7.47. The Kier molecular flexibility index (Phi) is 85.6. The Balaban J connectivity index is 4.31. The number of rotatable bonds is 88. The molecule has 5 unspecified atom stereocenters. The molecule has 0 amide bonds. The molecule has 0 aliphatic carbocycles. The zero-order valence-corrected chi connectivity index (χ0v) is 75.0. The van der Waals surface area contributed by atoms with Crippen molar-refractivity contribution < 1.29 is 75.8 Å². The summed E-state index contributed by atoms with van der Waals surface area (Å²) in [6, 6.07) is 0. The molecule has 0 aliphatic rings. The molecular weight excluding hydrogens is 1480 g/mol. The van der Waals surface area contributed by atoms with Gasteiger partial charge in [-0.25, -0.2) is 9.13 Å². The quantitative estimate of drug-likeness (QED) is 0.0146. The van der Waals surface area contributed by atoms with E-state index in [0.717, 1.165) is 135 Å². The maximum Gasteiger partial charge on any atom is 0.472 e. The van der Waals surface area contributed by atoms with Crippen molar-refractivity contribution in [2.24, 2.45) is 0 Å². The lowest BCUT2D eigenvalue weighted by molar-refractivity contribution is -0.161. The van der Waals surface area contributed by atoms with Crippen molar-refractivity contribution in [3.05, 3.63) is 134 Å². The van der Waals surface area contributed by atoms with Crippen LogP contribution < -0.4 is 0 Å². The fraction of sp³-hybridized carbons (Fsp3) is 0.742. The van der Waals surface area contributed by atoms with Crippen LogP contribution in [-0.2, 0) is 55.8 Å². The molecule has 0 saturated carbocycles. The standard InChI is InChI=1S/C97H170O16P2/c1-4-7-10-13-16-19-22-24-26-28-30-32-34-36-38-40-42-44-45-47-49-50-52-54-56-58-60-62-64-66-69-71-74-77-80-83-95(100)107-86-92(98)87-109-114(103,104)110-88-93(99)89-111-115(105,106)112-91-94(113-97(102)85-82-79-76-73-68-21-18-15-12-9-6-3)90-108-96(101)84-81-78-75-72-70-67-65-63-61-59-57-55-53-51-48-46-43-41-39-37-35-33-31-29-27-25-23-20-17-14-11-8-5-2/h7-8,10-11,16-17,19-20,24-27,30-33,36-39,42,44,92-94,98-99H,4-6,9,12-15,18,21-23,28-29,34-35,40-41,43,45-91H2,1-3H3,(H,103,104)(H,105,106)/b10-7-,11-8-,19-16-,20-17-,26-24-,27-25-,32-30-,33-31-,38-36-,39-37-,44-42-. The van der Waals surface area contributed by atoms with E-state index in [1.807, 2.05) is 0 Å². The second-order valence-electron chi connectivity index (χ2n) is 31.1. The highest BCUT2D eigenvalue weighted by atomic mass is 31.2. The summed E-state index contributed by atoms with van der Waals surface area (Å²) < 4.78 is 61.3. The van der Waals surface area contributed by atoms with Crippen LogP contribution in [0.25, 0.3) is 0 Å². The van der Waals surface area contributed by atoms with E-state index in [0.29, 0.717) is 19.3 Å². The lowest BCUT2D eigenvalue weighted by Crippen LogP contribution is -2.30. The lowest BCUT2D eigenvalue weighted by Gasteiger charge is -2.21. The monoisotopic (exact) mass is 1650 g/mol. The summed E-state index contributed by atoms with van der Waals surface area (Å²) in [5.41, 5.74) is 0. The smallest absolute Gasteiger partial charge is 0.463 e. The van der Waals surface area contributed by atoms with E-state index >= 15 is 0 Å². The first kappa shape index (κ1) is 111. The third-order valence-electron chi connectivity index (χ3n) is 19.9. The van der Waals surface area contributed by atoms with Gasteiger partial charge in [-0.05, 0) is 116 Å². The highest BCUT2D eigenvalue weighted by Gasteiger charge is 2.29. The number of aliphatic hydroxyl groups excluding tert-OH is 2. The molecule has 0 saturated heterocycles. The number of carbonyl (C=O) groups is 3. The predicted molar refractivity (Wildman–Crippen MR) is 482 cm³/mol. The molecule has 0 rings (SSSR count). The number of carbonyl (C=O) groups excluding carboxylic acids is 3. The number of allylic oxidation sites excluding steroid dienone is 22. The third kappa shape index (κ3) is 90.3. The Morgan fingerprint density at radius 1 is 0.252 bits per heavy atom. The first-order chi connectivity index (χ1) is 56.2. The van der Waals surface area contributed by atoms with Crippen LogP contribution in [0, 0.1) is 0 Å². The summed E-state index contributed by atoms with van der Waals surface area (Å²) in [5.74, 6) is -1.55. The molecule has 0 spiro atoms. The van der Waals surface area contributed by atoms with E-state index in [1.165, 1.54) is 212 Å². The molecule has 16 nitrogen and oxygen atoms in total. The minimum atomic E-state index is -4.93. The van der Waals surface area contributed by atoms with Crippen molar-refractivity contribution in [2.45, 2.75) is 424 Å². The van der Waals surface area contributed by atoms with Crippen LogP contribution in [0.3, 0.4) is 0 Å². The molecule has 0 bridgehead atoms. The van der Waals surface area contributed by atoms with E-state index in [9.17, 15) is 43.5 Å². The number of hydrogen-bond acceptors (Lipinski definition) is 14. The number of hydrogen-bond donors (Lipinski definition) is 4. The van der Waals surface area contributed by atoms with Crippen LogP contribution in [0.5, 0.6) is 0 Å². The first-order valence-electron chi connectivity index (χ1n) is 46.5. The molecule has 0 aliphatic heterocycles. The van der Waals surface area contributed by atoms with E-state index in [2.05, 4.69) is 154 Å². The lowest BCUT2D eigenvalue weighted by atomic mass is 10.0. The Morgan fingerprint density at radius 2 is 0.461 bits per heavy atom. The van der Waals surface area contributed by atoms with Crippen LogP contribution in [0.1, 0.15) is 406 Å². The predicted octanol–water partition coefficient (Wildman–Crippen LogP) is 28.6. The Morgan fingerprint density at radius 3 is 0.730 bits per heavy atom. The van der Waals surface area contributed by atoms with E-state index in [4.69, 9.17) is 32.3 Å². The van der Waals surface area contributed by atoms with Crippen molar-refractivity contribution in [3.63, 3.8) is 0 Å². The van der Waals surface area contributed by atoms with Gasteiger partial charge in [0, 0.05) is 19.3 Å². The Bertz CT molecular complexity index is 2620. The number of phosphoric acid groups is 2. The van der Waals surface area contributed by atoms with Crippen molar-refractivity contribution in [1.82, 2.24) is 0 Å². The van der Waals surface area contributed by atoms with E-state index in [-0.39, 0.29) is 19.3 Å². The van der Waals surface area contributed by atoms with Crippen LogP contribution in [0.2, 0.25) is 0 Å². The van der Waals surface area contributed by atoms with Gasteiger partial charge in [-0.1, -0.05) is 405 Å². The fourth-order valence-electron chi connectivity index (χ4n) is 12.9. The van der Waals surface area contributed by atoms with Gasteiger partial charge < -0.3 is 34.2 Å². The minimum Gasteiger partial charge on any atom is -0.463 e. The van der Waals surface area contributed by atoms with E-state index < -0.39 is 91.5 Å². The van der Waals surface area contributed by atoms with Gasteiger partial charge in [0.1, 0.15) is 25.4 Å². The number of aliphatic hydroxyl groups is 2. The Labute approximate surface area is 703 Å². The van der Waals surface area contributed by atoms with Crippen molar-refractivity contribution in [1.29, 1.82) is 0 Å². The van der Waals surface area contributed by atoms with Gasteiger partial charge in [0.25, 0.3) is 0 Å². The molecule has 0 aromatic carbocycles. The van der Waals surface area contributed by atoms with Crippen LogP contribution in [0.15, 0.2) is 134 Å². The molecule has 5 atom stereocenters. The Hall–Kier alpha value is -4.31. The van der Waals surface area contributed by atoms with Crippen LogP contribution in [-0.4, -0.2) is 95.9 Å². The van der Waals surface area contributed by atoms with Crippen molar-refractivity contribution in [2.75, 3.05) is 39.6 Å². The zero-order chi connectivity index (χ0) is 83.6. The van der Waals surface area contributed by atoms with E-state index in [1.54, 1.807) is 0 Å². The third-order valence-corrected chi connectivity index (χ3v) is 21.8. The maximum atomic E-state index is 13.0. The summed E-state index contributed by atoms with van der Waals surface area (Å²) >= 11 is 0. The molecule has 664 valence electrons. The molecule has 4 N–H and O–H groups in total. The number of unbranched alkanes of at least 4 members (excludes halogenated alkanes) is 43. The maximum absolute atomic E-state index is 13.0. The molecule has 0 heterocycles. The minimum absolute atomic E-state index is 0.109. The largest absolute Gasteiger partial charge is 0.472 e. The summed E-state index contributed by atoms with van der Waals surface area (Å²) in [7, 11) is -9.78. The van der Waals surface area contributed by atoms with Gasteiger partial charge in [0.15, 0.2) is 6.10 Å². The van der Waals surface area contributed by atoms with Gasteiger partial charge in [-0.15, -0.1) is 0 Å². The first-order valence-corrected chi connectivity index (χ1v) is 49.5. The second-order valence-corrected chi connectivity index (χ2v) is 34.0. The summed E-state index contributed by atoms with van der Waals surface area (Å²) in [5, 5.41) is 20.7. The molecule has 0 aromatic rings. The van der Waals surface area contributed by atoms with Crippen LogP contribution in [0.4, 0.5) is 0 Å². The zero-order valence-electron chi connectivity index (χ0n) is 73.2. The number of ether oxygens (including phenoxy) is 3. The molecule has 0 fully saturated rings. The van der Waals surface area contributed by atoms with Gasteiger partial charge in [0.05, 0.1) is 26.4 Å². The number of esters is 3. The van der Waals surface area contributed by atoms with Gasteiger partial charge in [-0.3, -0.25) is 32.5 Å². The van der Waals surface area contributed by atoms with Crippen molar-refractivity contribution >= 4 is 33.6 Å². The van der Waals surface area contributed by atoms with Gasteiger partial charge in [0.2, 0.25) is 0 Å². The molecule has 0 aromatic heterocycles. The highest BCUT2D eigenvalue weighted by Crippen LogP contribution is 2.45. The second kappa shape index (κ2) is 89.0. The molecule has 115 heavy (non-hydrogen) atoms.